The van der Waals surface area contributed by atoms with E-state index in [1.807, 2.05) is 12.1 Å². The van der Waals surface area contributed by atoms with Gasteiger partial charge in [-0.2, -0.15) is 0 Å². The predicted octanol–water partition coefficient (Wildman–Crippen LogP) is 3.55. The smallest absolute Gasteiger partial charge is 0.154 e. The first-order chi connectivity index (χ1) is 10.8. The van der Waals surface area contributed by atoms with Gasteiger partial charge in [0.25, 0.3) is 0 Å². The Morgan fingerprint density at radius 3 is 1.43 bits per heavy atom. The summed E-state index contributed by atoms with van der Waals surface area (Å²) in [4.78, 5) is 22.5. The Hall–Kier alpha value is -2.62. The van der Waals surface area contributed by atoms with Crippen molar-refractivity contribution in [3.63, 3.8) is 0 Å². The summed E-state index contributed by atoms with van der Waals surface area (Å²) < 4.78 is 0. The van der Waals surface area contributed by atoms with E-state index in [4.69, 9.17) is 0 Å². The highest BCUT2D eigenvalue weighted by Gasteiger charge is 2.16. The second kappa shape index (κ2) is 6.24. The number of carbonyl (C=O) groups excluding carboxylic acids is 2. The number of aldehydes is 2. The van der Waals surface area contributed by atoms with Crippen molar-refractivity contribution in [2.24, 2.45) is 0 Å². The molecule has 0 aliphatic rings. The SMILES string of the molecule is Cc1cc(Cc2cc(C)c(O)c(C=O)c2C)c(C)c(C=O)c1O. The molecule has 23 heavy (non-hydrogen) atoms. The Kier molecular flexibility index (Phi) is 4.55. The van der Waals surface area contributed by atoms with Gasteiger partial charge in [-0.25, -0.2) is 0 Å². The van der Waals surface area contributed by atoms with Crippen molar-refractivity contribution in [1.29, 1.82) is 0 Å². The zero-order chi connectivity index (χ0) is 17.3. The molecule has 2 aromatic rings. The number of rotatable bonds is 4. The van der Waals surface area contributed by atoms with Crippen LogP contribution in [0.15, 0.2) is 12.1 Å². The van der Waals surface area contributed by atoms with Crippen molar-refractivity contribution in [2.75, 3.05) is 0 Å². The third-order valence-electron chi connectivity index (χ3n) is 4.43. The third-order valence-corrected chi connectivity index (χ3v) is 4.43. The lowest BCUT2D eigenvalue weighted by Gasteiger charge is -2.16. The molecule has 4 heteroatoms. The lowest BCUT2D eigenvalue weighted by Crippen LogP contribution is -2.03. The zero-order valence-corrected chi connectivity index (χ0v) is 13.7. The first kappa shape index (κ1) is 16.7. The highest BCUT2D eigenvalue weighted by molar-refractivity contribution is 5.84. The molecule has 0 amide bonds. The van der Waals surface area contributed by atoms with E-state index in [0.29, 0.717) is 41.2 Å². The molecule has 2 rings (SSSR count). The number of phenolic OH excluding ortho intramolecular Hbond substituents is 2. The second-order valence-corrected chi connectivity index (χ2v) is 5.89. The Bertz CT molecular complexity index is 736. The molecule has 0 saturated carbocycles. The molecule has 2 N–H and O–H groups in total. The standard InChI is InChI=1S/C19H20O4/c1-10-5-14(12(3)16(8-20)18(10)22)7-15-6-11(2)19(23)17(9-21)13(15)4/h5-6,8-9,22-23H,7H2,1-4H3. The van der Waals surface area contributed by atoms with Crippen LogP contribution in [0.1, 0.15) is 54.1 Å². The molecule has 0 spiro atoms. The van der Waals surface area contributed by atoms with Crippen molar-refractivity contribution in [1.82, 2.24) is 0 Å². The molecule has 0 aliphatic heterocycles. The van der Waals surface area contributed by atoms with E-state index in [1.165, 1.54) is 0 Å². The van der Waals surface area contributed by atoms with Gasteiger partial charge >= 0.3 is 0 Å². The second-order valence-electron chi connectivity index (χ2n) is 5.89. The van der Waals surface area contributed by atoms with Crippen LogP contribution >= 0.6 is 0 Å². The van der Waals surface area contributed by atoms with Crippen molar-refractivity contribution < 1.29 is 19.8 Å². The van der Waals surface area contributed by atoms with Gasteiger partial charge in [-0.1, -0.05) is 12.1 Å². The van der Waals surface area contributed by atoms with Crippen molar-refractivity contribution in [3.8, 4) is 11.5 Å². The molecule has 0 aliphatic carbocycles. The maximum atomic E-state index is 11.2. The third kappa shape index (κ3) is 2.84. The number of phenols is 2. The van der Waals surface area contributed by atoms with Gasteiger partial charge in [-0.05, 0) is 67.5 Å². The highest BCUT2D eigenvalue weighted by Crippen LogP contribution is 2.32. The molecule has 0 heterocycles. The fourth-order valence-electron chi connectivity index (χ4n) is 2.86. The van der Waals surface area contributed by atoms with Crippen LogP contribution in [0.3, 0.4) is 0 Å². The summed E-state index contributed by atoms with van der Waals surface area (Å²) in [5, 5.41) is 20.0. The lowest BCUT2D eigenvalue weighted by molar-refractivity contribution is 0.111. The molecule has 4 nitrogen and oxygen atoms in total. The molecule has 0 radical (unpaired) electrons. The molecule has 0 bridgehead atoms. The van der Waals surface area contributed by atoms with Crippen LogP contribution in [0.4, 0.5) is 0 Å². The molecular formula is C19H20O4. The van der Waals surface area contributed by atoms with Gasteiger partial charge in [0.2, 0.25) is 0 Å². The van der Waals surface area contributed by atoms with E-state index < -0.39 is 0 Å². The van der Waals surface area contributed by atoms with Gasteiger partial charge in [0.05, 0.1) is 11.1 Å². The summed E-state index contributed by atoms with van der Waals surface area (Å²) in [7, 11) is 0. The molecule has 0 aromatic heterocycles. The average molecular weight is 312 g/mol. The topological polar surface area (TPSA) is 74.6 Å². The number of aromatic hydroxyl groups is 2. The molecule has 0 saturated heterocycles. The van der Waals surface area contributed by atoms with Crippen molar-refractivity contribution >= 4 is 12.6 Å². The molecule has 0 unspecified atom stereocenters. The lowest BCUT2D eigenvalue weighted by atomic mass is 9.90. The highest BCUT2D eigenvalue weighted by atomic mass is 16.3. The number of hydrogen-bond donors (Lipinski definition) is 2. The summed E-state index contributed by atoms with van der Waals surface area (Å²) >= 11 is 0. The Labute approximate surface area is 135 Å². The van der Waals surface area contributed by atoms with Gasteiger partial charge in [0.1, 0.15) is 11.5 Å². The normalized spacial score (nSPS) is 10.6. The fraction of sp³-hybridized carbons (Fsp3) is 0.263. The fourth-order valence-corrected chi connectivity index (χ4v) is 2.86. The summed E-state index contributed by atoms with van der Waals surface area (Å²) in [6, 6.07) is 3.69. The van der Waals surface area contributed by atoms with E-state index in [2.05, 4.69) is 0 Å². The summed E-state index contributed by atoms with van der Waals surface area (Å²) in [5.74, 6) is 0.0156. The molecule has 0 fully saturated rings. The molecule has 0 atom stereocenters. The molecular weight excluding hydrogens is 292 g/mol. The molecule has 2 aromatic carbocycles. The number of hydrogen-bond acceptors (Lipinski definition) is 4. The Balaban J connectivity index is 2.61. The van der Waals surface area contributed by atoms with E-state index in [-0.39, 0.29) is 11.5 Å². The van der Waals surface area contributed by atoms with Crippen LogP contribution in [0.2, 0.25) is 0 Å². The van der Waals surface area contributed by atoms with Crippen molar-refractivity contribution in [3.05, 3.63) is 56.6 Å². The monoisotopic (exact) mass is 312 g/mol. The minimum absolute atomic E-state index is 0.00781. The van der Waals surface area contributed by atoms with Crippen LogP contribution in [-0.4, -0.2) is 22.8 Å². The van der Waals surface area contributed by atoms with Gasteiger partial charge < -0.3 is 10.2 Å². The van der Waals surface area contributed by atoms with E-state index >= 15 is 0 Å². The number of aryl methyl sites for hydroxylation is 2. The van der Waals surface area contributed by atoms with Crippen LogP contribution in [0.25, 0.3) is 0 Å². The minimum atomic E-state index is 0.00781. The molecule has 120 valence electrons. The first-order valence-electron chi connectivity index (χ1n) is 7.36. The summed E-state index contributed by atoms with van der Waals surface area (Å²) in [6.07, 6.45) is 1.83. The van der Waals surface area contributed by atoms with E-state index in [0.717, 1.165) is 22.3 Å². The van der Waals surface area contributed by atoms with Crippen LogP contribution in [0, 0.1) is 27.7 Å². The van der Waals surface area contributed by atoms with Gasteiger partial charge in [-0.15, -0.1) is 0 Å². The largest absolute Gasteiger partial charge is 0.507 e. The maximum absolute atomic E-state index is 11.2. The Morgan fingerprint density at radius 2 is 1.13 bits per heavy atom. The first-order valence-corrected chi connectivity index (χ1v) is 7.36. The predicted molar refractivity (Wildman–Crippen MR) is 88.7 cm³/mol. The number of carbonyl (C=O) groups is 2. The van der Waals surface area contributed by atoms with Crippen LogP contribution < -0.4 is 0 Å². The van der Waals surface area contributed by atoms with Gasteiger partial charge in [0.15, 0.2) is 12.6 Å². The number of benzene rings is 2. The zero-order valence-electron chi connectivity index (χ0n) is 13.7. The minimum Gasteiger partial charge on any atom is -0.507 e. The van der Waals surface area contributed by atoms with Crippen LogP contribution in [0.5, 0.6) is 11.5 Å². The van der Waals surface area contributed by atoms with Crippen LogP contribution in [-0.2, 0) is 6.42 Å². The summed E-state index contributed by atoms with van der Waals surface area (Å²) in [5.41, 5.74) is 5.13. The average Bonchev–Trinajstić information content (AvgIpc) is 2.51. The van der Waals surface area contributed by atoms with E-state index in [1.54, 1.807) is 27.7 Å². The van der Waals surface area contributed by atoms with Crippen molar-refractivity contribution in [2.45, 2.75) is 34.1 Å². The quantitative estimate of drug-likeness (QED) is 0.847. The Morgan fingerprint density at radius 1 is 0.783 bits per heavy atom. The van der Waals surface area contributed by atoms with E-state index in [9.17, 15) is 19.8 Å². The van der Waals surface area contributed by atoms with Gasteiger partial charge in [0, 0.05) is 0 Å². The van der Waals surface area contributed by atoms with Gasteiger partial charge in [-0.3, -0.25) is 9.59 Å². The summed E-state index contributed by atoms with van der Waals surface area (Å²) in [6.45, 7) is 7.08. The maximum Gasteiger partial charge on any atom is 0.154 e.